The van der Waals surface area contributed by atoms with E-state index in [-0.39, 0.29) is 42.3 Å². The summed E-state index contributed by atoms with van der Waals surface area (Å²) in [4.78, 5) is 43.1. The van der Waals surface area contributed by atoms with E-state index in [9.17, 15) is 24.6 Å². The van der Waals surface area contributed by atoms with E-state index in [0.717, 1.165) is 5.56 Å². The summed E-state index contributed by atoms with van der Waals surface area (Å²) in [6.07, 6.45) is 0.0611. The lowest BCUT2D eigenvalue weighted by Crippen LogP contribution is -2.54. The molecule has 1 aliphatic carbocycles. The molecule has 0 spiro atoms. The topological polar surface area (TPSA) is 128 Å². The monoisotopic (exact) mass is 587 g/mol. The van der Waals surface area contributed by atoms with Crippen LogP contribution in [0, 0.1) is 12.8 Å². The van der Waals surface area contributed by atoms with Crippen molar-refractivity contribution >= 4 is 17.9 Å². The Bertz CT molecular complexity index is 1430. The Hall–Kier alpha value is -4.53. The highest BCUT2D eigenvalue weighted by atomic mass is 16.6. The van der Waals surface area contributed by atoms with Crippen LogP contribution in [0.1, 0.15) is 62.4 Å². The number of nitrogens with zero attached hydrogens (tertiary/aromatic N) is 1. The normalized spacial score (nSPS) is 17.3. The van der Waals surface area contributed by atoms with Gasteiger partial charge in [-0.3, -0.25) is 9.59 Å². The summed E-state index contributed by atoms with van der Waals surface area (Å²) in [6.45, 7) is 9.23. The zero-order valence-corrected chi connectivity index (χ0v) is 25.3. The van der Waals surface area contributed by atoms with Crippen molar-refractivity contribution in [2.24, 2.45) is 5.92 Å². The fourth-order valence-corrected chi connectivity index (χ4v) is 5.04. The highest BCUT2D eigenvalue weighted by molar-refractivity contribution is 5.93. The number of rotatable bonds is 10. The number of alkyl carbamates (subject to hydrolysis) is 1. The number of amides is 3. The molecular weight excluding hydrogens is 546 g/mol. The van der Waals surface area contributed by atoms with E-state index in [1.54, 1.807) is 56.9 Å². The van der Waals surface area contributed by atoms with Crippen LogP contribution >= 0.6 is 0 Å². The second-order valence-corrected chi connectivity index (χ2v) is 12.2. The van der Waals surface area contributed by atoms with Crippen molar-refractivity contribution in [3.05, 3.63) is 95.1 Å². The molecule has 0 aliphatic heterocycles. The molecule has 1 aliphatic rings. The fourth-order valence-electron chi connectivity index (χ4n) is 5.04. The first-order chi connectivity index (χ1) is 20.3. The number of benzene rings is 3. The molecule has 4 N–H and O–H groups in total. The quantitative estimate of drug-likeness (QED) is 0.260. The van der Waals surface area contributed by atoms with Crippen molar-refractivity contribution in [3.8, 4) is 11.5 Å². The Morgan fingerprint density at radius 3 is 2.21 bits per heavy atom. The Balaban J connectivity index is 1.73. The summed E-state index contributed by atoms with van der Waals surface area (Å²) in [7, 11) is 0. The van der Waals surface area contributed by atoms with Crippen molar-refractivity contribution in [1.82, 2.24) is 15.5 Å². The second-order valence-electron chi connectivity index (χ2n) is 12.2. The van der Waals surface area contributed by atoms with E-state index >= 15 is 0 Å². The third-order valence-electron chi connectivity index (χ3n) is 7.42. The van der Waals surface area contributed by atoms with Crippen LogP contribution in [0.2, 0.25) is 0 Å². The molecule has 0 aromatic heterocycles. The SMILES string of the molecule is Cc1cc(C(C(=O)NCc2ccccc2)N(C(=O)C(Cc2ccc(O)cc2)NC(=O)OC(C)(C)C)C2CC2C)ccc1O. The molecule has 228 valence electrons. The van der Waals surface area contributed by atoms with Gasteiger partial charge in [-0.15, -0.1) is 0 Å². The van der Waals surface area contributed by atoms with Gasteiger partial charge in [0.2, 0.25) is 11.8 Å². The standard InChI is InChI=1S/C34H41N3O6/c1-21-18-28(21)37(32(41)27(36-33(42)43-34(3,4)5)19-23-11-14-26(38)15-12-23)30(25-13-16-29(39)22(2)17-25)31(40)35-20-24-9-7-6-8-10-24/h6-17,21,27-28,30,38-39H,18-20H2,1-5H3,(H,35,40)(H,36,42). The molecule has 1 fully saturated rings. The van der Waals surface area contributed by atoms with Crippen LogP contribution in [0.15, 0.2) is 72.8 Å². The molecule has 4 rings (SSSR count). The summed E-state index contributed by atoms with van der Waals surface area (Å²) in [5.74, 6) is -0.497. The lowest BCUT2D eigenvalue weighted by Gasteiger charge is -2.35. The Kier molecular flexibility index (Phi) is 9.63. The molecule has 3 aromatic rings. The van der Waals surface area contributed by atoms with Gasteiger partial charge in [0.25, 0.3) is 0 Å². The minimum absolute atomic E-state index is 0.0815. The number of hydrogen-bond acceptors (Lipinski definition) is 6. The van der Waals surface area contributed by atoms with Crippen LogP contribution in [0.5, 0.6) is 11.5 Å². The summed E-state index contributed by atoms with van der Waals surface area (Å²) in [5.41, 5.74) is 1.95. The van der Waals surface area contributed by atoms with Gasteiger partial charge in [0, 0.05) is 19.0 Å². The summed E-state index contributed by atoms with van der Waals surface area (Å²) >= 11 is 0. The number of aromatic hydroxyl groups is 2. The minimum Gasteiger partial charge on any atom is -0.508 e. The van der Waals surface area contributed by atoms with Gasteiger partial charge in [-0.05, 0) is 86.6 Å². The predicted molar refractivity (Wildman–Crippen MR) is 163 cm³/mol. The average Bonchev–Trinajstić information content (AvgIpc) is 3.67. The van der Waals surface area contributed by atoms with Gasteiger partial charge in [0.15, 0.2) is 0 Å². The van der Waals surface area contributed by atoms with Crippen LogP contribution in [-0.4, -0.2) is 50.7 Å². The smallest absolute Gasteiger partial charge is 0.408 e. The van der Waals surface area contributed by atoms with Gasteiger partial charge in [0.05, 0.1) is 0 Å². The average molecular weight is 588 g/mol. The minimum atomic E-state index is -1.06. The summed E-state index contributed by atoms with van der Waals surface area (Å²) in [5, 5.41) is 25.8. The van der Waals surface area contributed by atoms with E-state index in [1.807, 2.05) is 37.3 Å². The zero-order chi connectivity index (χ0) is 31.3. The molecule has 0 saturated heterocycles. The van der Waals surface area contributed by atoms with Gasteiger partial charge < -0.3 is 30.5 Å². The van der Waals surface area contributed by atoms with E-state index in [1.165, 1.54) is 18.2 Å². The second kappa shape index (κ2) is 13.2. The molecular formula is C34H41N3O6. The van der Waals surface area contributed by atoms with Crippen LogP contribution in [0.3, 0.4) is 0 Å². The maximum absolute atomic E-state index is 14.6. The molecule has 0 radical (unpaired) electrons. The molecule has 43 heavy (non-hydrogen) atoms. The van der Waals surface area contributed by atoms with E-state index < -0.39 is 29.7 Å². The molecule has 4 atom stereocenters. The van der Waals surface area contributed by atoms with E-state index in [2.05, 4.69) is 10.6 Å². The highest BCUT2D eigenvalue weighted by Gasteiger charge is 2.48. The molecule has 9 heteroatoms. The molecule has 0 heterocycles. The number of aryl methyl sites for hydroxylation is 1. The van der Waals surface area contributed by atoms with Crippen molar-refractivity contribution in [1.29, 1.82) is 0 Å². The number of nitrogens with one attached hydrogen (secondary N) is 2. The zero-order valence-electron chi connectivity index (χ0n) is 25.3. The number of phenolic OH excluding ortho intramolecular Hbond substituents is 2. The van der Waals surface area contributed by atoms with Crippen molar-refractivity contribution in [3.63, 3.8) is 0 Å². The van der Waals surface area contributed by atoms with Crippen LogP contribution in [-0.2, 0) is 27.3 Å². The molecule has 3 amide bonds. The lowest BCUT2D eigenvalue weighted by atomic mass is 9.98. The van der Waals surface area contributed by atoms with E-state index in [0.29, 0.717) is 23.1 Å². The molecule has 9 nitrogen and oxygen atoms in total. The third kappa shape index (κ3) is 8.50. The third-order valence-corrected chi connectivity index (χ3v) is 7.42. The summed E-state index contributed by atoms with van der Waals surface area (Å²) in [6, 6.07) is 18.5. The summed E-state index contributed by atoms with van der Waals surface area (Å²) < 4.78 is 5.49. The van der Waals surface area contributed by atoms with Crippen molar-refractivity contribution < 1.29 is 29.3 Å². The maximum Gasteiger partial charge on any atom is 0.408 e. The van der Waals surface area contributed by atoms with Crippen LogP contribution in [0.4, 0.5) is 4.79 Å². The van der Waals surface area contributed by atoms with Crippen molar-refractivity contribution in [2.45, 2.75) is 77.7 Å². The van der Waals surface area contributed by atoms with Gasteiger partial charge >= 0.3 is 6.09 Å². The molecule has 4 unspecified atom stereocenters. The van der Waals surface area contributed by atoms with Gasteiger partial charge in [0.1, 0.15) is 29.2 Å². The number of phenols is 2. The number of hydrogen-bond donors (Lipinski definition) is 4. The Labute approximate surface area is 252 Å². The Morgan fingerprint density at radius 1 is 0.977 bits per heavy atom. The molecule has 0 bridgehead atoms. The molecule has 1 saturated carbocycles. The number of carbonyl (C=O) groups is 3. The lowest BCUT2D eigenvalue weighted by molar-refractivity contribution is -0.143. The highest BCUT2D eigenvalue weighted by Crippen LogP contribution is 2.41. The van der Waals surface area contributed by atoms with Crippen LogP contribution < -0.4 is 10.6 Å². The number of ether oxygens (including phenoxy) is 1. The first-order valence-electron chi connectivity index (χ1n) is 14.5. The van der Waals surface area contributed by atoms with Gasteiger partial charge in [-0.1, -0.05) is 55.5 Å². The van der Waals surface area contributed by atoms with Gasteiger partial charge in [-0.25, -0.2) is 4.79 Å². The van der Waals surface area contributed by atoms with Gasteiger partial charge in [-0.2, -0.15) is 0 Å². The van der Waals surface area contributed by atoms with E-state index in [4.69, 9.17) is 4.74 Å². The molecule has 3 aromatic carbocycles. The first-order valence-corrected chi connectivity index (χ1v) is 14.5. The Morgan fingerprint density at radius 2 is 1.63 bits per heavy atom. The predicted octanol–water partition coefficient (Wildman–Crippen LogP) is 5.14. The van der Waals surface area contributed by atoms with Crippen LogP contribution in [0.25, 0.3) is 0 Å². The number of carbonyl (C=O) groups excluding carboxylic acids is 3. The fraction of sp³-hybridized carbons (Fsp3) is 0.382. The van der Waals surface area contributed by atoms with Crippen molar-refractivity contribution in [2.75, 3.05) is 0 Å². The first kappa shape index (κ1) is 31.4. The largest absolute Gasteiger partial charge is 0.508 e. The maximum atomic E-state index is 14.6.